The Labute approximate surface area is 103 Å². The van der Waals surface area contributed by atoms with E-state index in [2.05, 4.69) is 35.9 Å². The van der Waals surface area contributed by atoms with Crippen molar-refractivity contribution in [2.45, 2.75) is 46.1 Å². The highest BCUT2D eigenvalue weighted by atomic mass is 32.1. The number of nitrogens with zero attached hydrogens (tertiary/aromatic N) is 3. The summed E-state index contributed by atoms with van der Waals surface area (Å²) in [5.74, 6) is 0.941. The molecule has 0 aliphatic carbocycles. The van der Waals surface area contributed by atoms with E-state index in [1.54, 1.807) is 0 Å². The quantitative estimate of drug-likeness (QED) is 0.615. The van der Waals surface area contributed by atoms with Gasteiger partial charge in [-0.25, -0.2) is 5.10 Å². The van der Waals surface area contributed by atoms with E-state index in [9.17, 15) is 0 Å². The molecule has 0 radical (unpaired) electrons. The van der Waals surface area contributed by atoms with Crippen molar-refractivity contribution < 1.29 is 0 Å². The van der Waals surface area contributed by atoms with Gasteiger partial charge in [-0.2, -0.15) is 0 Å². The Hall–Kier alpha value is -0.840. The van der Waals surface area contributed by atoms with Crippen LogP contribution in [0.25, 0.3) is 0 Å². The van der Waals surface area contributed by atoms with Crippen LogP contribution in [0.1, 0.15) is 40.0 Å². The van der Waals surface area contributed by atoms with Crippen molar-refractivity contribution in [1.29, 1.82) is 0 Å². The molecule has 0 fully saturated rings. The molecule has 0 saturated carbocycles. The molecular formula is C11H22N4S. The zero-order valence-electron chi connectivity index (χ0n) is 10.7. The maximum atomic E-state index is 5.13. The topological polar surface area (TPSA) is 36.9 Å². The van der Waals surface area contributed by atoms with Crippen LogP contribution in [-0.2, 0) is 7.05 Å². The van der Waals surface area contributed by atoms with Crippen LogP contribution in [-0.4, -0.2) is 27.4 Å². The fourth-order valence-corrected chi connectivity index (χ4v) is 1.84. The van der Waals surface area contributed by atoms with Crippen LogP contribution in [0.4, 0.5) is 5.95 Å². The number of unbranched alkanes of at least 4 members (excludes halogenated alkanes) is 2. The van der Waals surface area contributed by atoms with E-state index in [-0.39, 0.29) is 0 Å². The summed E-state index contributed by atoms with van der Waals surface area (Å²) in [6.07, 6.45) is 3.71. The van der Waals surface area contributed by atoms with Gasteiger partial charge in [0.1, 0.15) is 0 Å². The molecule has 0 aromatic carbocycles. The molecule has 92 valence electrons. The molecule has 16 heavy (non-hydrogen) atoms. The molecule has 0 bridgehead atoms. The third-order valence-electron chi connectivity index (χ3n) is 2.74. The number of aromatic amines is 1. The lowest BCUT2D eigenvalue weighted by Gasteiger charge is -2.27. The minimum absolute atomic E-state index is 0.445. The molecule has 1 aromatic rings. The summed E-state index contributed by atoms with van der Waals surface area (Å²) in [5.41, 5.74) is 0. The standard InChI is InChI=1S/C11H22N4S/c1-5-6-7-8-15(9(2)3)10-12-13-11(16)14(10)4/h9H,5-8H2,1-4H3,(H,13,16). The molecule has 5 heteroatoms. The van der Waals surface area contributed by atoms with Gasteiger partial charge in [-0.05, 0) is 32.5 Å². The minimum atomic E-state index is 0.445. The molecule has 0 saturated heterocycles. The van der Waals surface area contributed by atoms with E-state index in [1.165, 1.54) is 19.3 Å². The second-order valence-corrected chi connectivity index (χ2v) is 4.77. The fraction of sp³-hybridized carbons (Fsp3) is 0.818. The Balaban J connectivity index is 2.77. The molecule has 0 spiro atoms. The number of aromatic nitrogens is 3. The van der Waals surface area contributed by atoms with E-state index in [0.29, 0.717) is 10.8 Å². The smallest absolute Gasteiger partial charge is 0.225 e. The van der Waals surface area contributed by atoms with Crippen molar-refractivity contribution >= 4 is 18.2 Å². The Bertz CT molecular complexity index is 366. The van der Waals surface area contributed by atoms with Crippen LogP contribution in [0, 0.1) is 4.77 Å². The monoisotopic (exact) mass is 242 g/mol. The van der Waals surface area contributed by atoms with Crippen LogP contribution in [0.3, 0.4) is 0 Å². The van der Waals surface area contributed by atoms with Crippen LogP contribution < -0.4 is 4.90 Å². The maximum Gasteiger partial charge on any atom is 0.225 e. The SMILES string of the molecule is CCCCCN(c1n[nH]c(=S)n1C)C(C)C. The van der Waals surface area contributed by atoms with Gasteiger partial charge in [0, 0.05) is 19.6 Å². The summed E-state index contributed by atoms with van der Waals surface area (Å²) in [7, 11) is 1.95. The summed E-state index contributed by atoms with van der Waals surface area (Å²) >= 11 is 5.13. The van der Waals surface area contributed by atoms with Crippen LogP contribution in [0.2, 0.25) is 0 Å². The van der Waals surface area contributed by atoms with E-state index >= 15 is 0 Å². The molecule has 4 nitrogen and oxygen atoms in total. The Kier molecular flexibility index (Phi) is 4.99. The zero-order chi connectivity index (χ0) is 12.1. The van der Waals surface area contributed by atoms with Gasteiger partial charge in [-0.3, -0.25) is 4.57 Å². The van der Waals surface area contributed by atoms with Crippen LogP contribution >= 0.6 is 12.2 Å². The number of H-pyrrole nitrogens is 1. The Morgan fingerprint density at radius 3 is 2.56 bits per heavy atom. The highest BCUT2D eigenvalue weighted by molar-refractivity contribution is 7.71. The lowest BCUT2D eigenvalue weighted by Crippen LogP contribution is -2.33. The van der Waals surface area contributed by atoms with Gasteiger partial charge in [-0.1, -0.05) is 19.8 Å². The third kappa shape index (κ3) is 3.07. The van der Waals surface area contributed by atoms with E-state index in [4.69, 9.17) is 12.2 Å². The molecule has 0 atom stereocenters. The Morgan fingerprint density at radius 1 is 1.44 bits per heavy atom. The van der Waals surface area contributed by atoms with Crippen molar-refractivity contribution in [3.63, 3.8) is 0 Å². The summed E-state index contributed by atoms with van der Waals surface area (Å²) in [6, 6.07) is 0.445. The number of nitrogens with one attached hydrogen (secondary N) is 1. The van der Waals surface area contributed by atoms with Crippen molar-refractivity contribution in [2.75, 3.05) is 11.4 Å². The van der Waals surface area contributed by atoms with Gasteiger partial charge >= 0.3 is 0 Å². The lowest BCUT2D eigenvalue weighted by atomic mass is 10.2. The molecule has 1 N–H and O–H groups in total. The fourth-order valence-electron chi connectivity index (χ4n) is 1.72. The van der Waals surface area contributed by atoms with Crippen molar-refractivity contribution in [2.24, 2.45) is 7.05 Å². The predicted molar refractivity (Wildman–Crippen MR) is 70.4 cm³/mol. The van der Waals surface area contributed by atoms with Gasteiger partial charge in [0.15, 0.2) is 4.77 Å². The molecular weight excluding hydrogens is 220 g/mol. The summed E-state index contributed by atoms with van der Waals surface area (Å²) < 4.78 is 2.61. The molecule has 0 aliphatic heterocycles. The van der Waals surface area contributed by atoms with Crippen molar-refractivity contribution in [3.8, 4) is 0 Å². The molecule has 1 heterocycles. The van der Waals surface area contributed by atoms with Crippen LogP contribution in [0.15, 0.2) is 0 Å². The van der Waals surface area contributed by atoms with Crippen molar-refractivity contribution in [1.82, 2.24) is 14.8 Å². The summed E-state index contributed by atoms with van der Waals surface area (Å²) in [6.45, 7) is 7.63. The van der Waals surface area contributed by atoms with Crippen molar-refractivity contribution in [3.05, 3.63) is 4.77 Å². The normalized spacial score (nSPS) is 11.1. The first-order chi connectivity index (χ1) is 7.57. The highest BCUT2D eigenvalue weighted by Gasteiger charge is 2.15. The largest absolute Gasteiger partial charge is 0.339 e. The molecule has 1 aromatic heterocycles. The van der Waals surface area contributed by atoms with Gasteiger partial charge < -0.3 is 4.90 Å². The zero-order valence-corrected chi connectivity index (χ0v) is 11.5. The number of anilines is 1. The lowest BCUT2D eigenvalue weighted by molar-refractivity contribution is 0.602. The number of hydrogen-bond acceptors (Lipinski definition) is 3. The van der Waals surface area contributed by atoms with E-state index in [0.717, 1.165) is 12.5 Å². The molecule has 1 rings (SSSR count). The van der Waals surface area contributed by atoms with E-state index < -0.39 is 0 Å². The molecule has 0 unspecified atom stereocenters. The average molecular weight is 242 g/mol. The first-order valence-corrected chi connectivity index (χ1v) is 6.36. The molecule has 0 amide bonds. The third-order valence-corrected chi connectivity index (χ3v) is 3.10. The molecule has 0 aliphatic rings. The Morgan fingerprint density at radius 2 is 2.12 bits per heavy atom. The maximum absolute atomic E-state index is 5.13. The first kappa shape index (κ1) is 13.2. The summed E-state index contributed by atoms with van der Waals surface area (Å²) in [4.78, 5) is 2.29. The predicted octanol–water partition coefficient (Wildman–Crippen LogP) is 2.88. The van der Waals surface area contributed by atoms with Gasteiger partial charge in [-0.15, -0.1) is 5.10 Å². The first-order valence-electron chi connectivity index (χ1n) is 5.96. The second kappa shape index (κ2) is 6.03. The number of rotatable bonds is 6. The van der Waals surface area contributed by atoms with E-state index in [1.807, 2.05) is 11.6 Å². The number of hydrogen-bond donors (Lipinski definition) is 1. The summed E-state index contributed by atoms with van der Waals surface area (Å²) in [5, 5.41) is 7.12. The highest BCUT2D eigenvalue weighted by Crippen LogP contribution is 2.14. The second-order valence-electron chi connectivity index (χ2n) is 4.38. The van der Waals surface area contributed by atoms with Gasteiger partial charge in [0.2, 0.25) is 5.95 Å². The average Bonchev–Trinajstić information content (AvgIpc) is 2.55. The van der Waals surface area contributed by atoms with Gasteiger partial charge in [0.05, 0.1) is 0 Å². The minimum Gasteiger partial charge on any atom is -0.339 e. The van der Waals surface area contributed by atoms with Gasteiger partial charge in [0.25, 0.3) is 0 Å². The van der Waals surface area contributed by atoms with Crippen LogP contribution in [0.5, 0.6) is 0 Å².